The SMILES string of the molecule is COc1ccc(CC(=O)N2CCc3[nH]nc(C(=O)NCC4CCCCC4)c3C2)cc1OC. The van der Waals surface area contributed by atoms with Crippen LogP contribution < -0.4 is 14.8 Å². The number of amides is 2. The minimum atomic E-state index is -0.151. The molecule has 1 aromatic heterocycles. The molecule has 1 fully saturated rings. The van der Waals surface area contributed by atoms with Crippen molar-refractivity contribution in [1.29, 1.82) is 0 Å². The van der Waals surface area contributed by atoms with Crippen LogP contribution >= 0.6 is 0 Å². The lowest BCUT2D eigenvalue weighted by Crippen LogP contribution is -2.38. The standard InChI is InChI=1S/C24H32N4O4/c1-31-20-9-8-17(12-21(20)32-2)13-22(29)28-11-10-19-18(15-28)23(27-26-19)24(30)25-14-16-6-4-3-5-7-16/h8-9,12,16H,3-7,10-11,13-15H2,1-2H3,(H,25,30)(H,26,27). The van der Waals surface area contributed by atoms with E-state index in [-0.39, 0.29) is 18.2 Å². The Balaban J connectivity index is 1.39. The van der Waals surface area contributed by atoms with Crippen LogP contribution in [0.25, 0.3) is 0 Å². The Bertz CT molecular complexity index is 965. The third-order valence-corrected chi connectivity index (χ3v) is 6.58. The molecule has 2 aromatic rings. The zero-order valence-corrected chi connectivity index (χ0v) is 18.9. The van der Waals surface area contributed by atoms with Gasteiger partial charge in [0.1, 0.15) is 0 Å². The molecule has 0 atom stereocenters. The molecule has 0 spiro atoms. The van der Waals surface area contributed by atoms with E-state index in [1.807, 2.05) is 12.1 Å². The van der Waals surface area contributed by atoms with Gasteiger partial charge in [0.05, 0.1) is 20.6 Å². The largest absolute Gasteiger partial charge is 0.493 e. The van der Waals surface area contributed by atoms with Crippen LogP contribution in [0.5, 0.6) is 11.5 Å². The summed E-state index contributed by atoms with van der Waals surface area (Å²) in [6, 6.07) is 5.51. The molecule has 32 heavy (non-hydrogen) atoms. The molecule has 2 amide bonds. The highest BCUT2D eigenvalue weighted by molar-refractivity contribution is 5.94. The van der Waals surface area contributed by atoms with E-state index in [4.69, 9.17) is 9.47 Å². The summed E-state index contributed by atoms with van der Waals surface area (Å²) < 4.78 is 10.6. The number of fused-ring (bicyclic) bond motifs is 1. The molecule has 0 bridgehead atoms. The molecule has 8 nitrogen and oxygen atoms in total. The molecule has 1 saturated carbocycles. The summed E-state index contributed by atoms with van der Waals surface area (Å²) in [6.45, 7) is 1.69. The van der Waals surface area contributed by atoms with Crippen molar-refractivity contribution in [3.05, 3.63) is 40.7 Å². The Kier molecular flexibility index (Phi) is 6.97. The van der Waals surface area contributed by atoms with Crippen LogP contribution in [0.4, 0.5) is 0 Å². The molecule has 172 valence electrons. The predicted octanol–water partition coefficient (Wildman–Crippen LogP) is 2.86. The summed E-state index contributed by atoms with van der Waals surface area (Å²) >= 11 is 0. The van der Waals surface area contributed by atoms with Crippen molar-refractivity contribution in [1.82, 2.24) is 20.4 Å². The van der Waals surface area contributed by atoms with Gasteiger partial charge in [-0.3, -0.25) is 14.7 Å². The van der Waals surface area contributed by atoms with Gasteiger partial charge in [0.15, 0.2) is 17.2 Å². The van der Waals surface area contributed by atoms with Crippen molar-refractivity contribution in [2.24, 2.45) is 5.92 Å². The highest BCUT2D eigenvalue weighted by atomic mass is 16.5. The van der Waals surface area contributed by atoms with Crippen LogP contribution in [0.3, 0.4) is 0 Å². The van der Waals surface area contributed by atoms with Crippen LogP contribution in [-0.2, 0) is 24.2 Å². The Labute approximate surface area is 188 Å². The number of carbonyl (C=O) groups is 2. The van der Waals surface area contributed by atoms with Gasteiger partial charge in [-0.2, -0.15) is 5.10 Å². The van der Waals surface area contributed by atoms with Gasteiger partial charge in [0.2, 0.25) is 5.91 Å². The summed E-state index contributed by atoms with van der Waals surface area (Å²) in [5.41, 5.74) is 3.05. The number of nitrogens with zero attached hydrogens (tertiary/aromatic N) is 2. The van der Waals surface area contributed by atoms with Crippen LogP contribution in [0.2, 0.25) is 0 Å². The summed E-state index contributed by atoms with van der Waals surface area (Å²) in [6.07, 6.45) is 7.07. The molecule has 1 aliphatic heterocycles. The predicted molar refractivity (Wildman–Crippen MR) is 120 cm³/mol. The average molecular weight is 441 g/mol. The maximum Gasteiger partial charge on any atom is 0.272 e. The quantitative estimate of drug-likeness (QED) is 0.690. The lowest BCUT2D eigenvalue weighted by Gasteiger charge is -2.27. The number of aromatic nitrogens is 2. The van der Waals surface area contributed by atoms with Gasteiger partial charge in [-0.05, 0) is 36.5 Å². The van der Waals surface area contributed by atoms with E-state index in [1.165, 1.54) is 32.1 Å². The average Bonchev–Trinajstić information content (AvgIpc) is 3.26. The van der Waals surface area contributed by atoms with Crippen LogP contribution in [-0.4, -0.2) is 54.2 Å². The number of methoxy groups -OCH3 is 2. The smallest absolute Gasteiger partial charge is 0.272 e. The molecule has 1 aromatic carbocycles. The van der Waals surface area contributed by atoms with Gasteiger partial charge in [-0.25, -0.2) is 0 Å². The van der Waals surface area contributed by atoms with Gasteiger partial charge in [0.25, 0.3) is 5.91 Å². The number of carbonyl (C=O) groups excluding carboxylic acids is 2. The molecule has 1 aliphatic carbocycles. The monoisotopic (exact) mass is 440 g/mol. The lowest BCUT2D eigenvalue weighted by molar-refractivity contribution is -0.131. The molecular formula is C24H32N4O4. The number of nitrogens with one attached hydrogen (secondary N) is 2. The number of hydrogen-bond acceptors (Lipinski definition) is 5. The van der Waals surface area contributed by atoms with Crippen molar-refractivity contribution in [3.63, 3.8) is 0 Å². The van der Waals surface area contributed by atoms with Gasteiger partial charge in [-0.15, -0.1) is 0 Å². The molecule has 0 saturated heterocycles. The maximum atomic E-state index is 13.0. The minimum Gasteiger partial charge on any atom is -0.493 e. The third-order valence-electron chi connectivity index (χ3n) is 6.58. The van der Waals surface area contributed by atoms with Crippen molar-refractivity contribution in [2.75, 3.05) is 27.3 Å². The minimum absolute atomic E-state index is 0.0117. The van der Waals surface area contributed by atoms with Gasteiger partial charge >= 0.3 is 0 Å². The number of ether oxygens (including phenoxy) is 2. The Morgan fingerprint density at radius 1 is 1.16 bits per heavy atom. The second-order valence-corrected chi connectivity index (χ2v) is 8.67. The fraction of sp³-hybridized carbons (Fsp3) is 0.542. The molecule has 2 heterocycles. The molecule has 4 rings (SSSR count). The van der Waals surface area contributed by atoms with Crippen molar-refractivity contribution in [3.8, 4) is 11.5 Å². The molecule has 2 N–H and O–H groups in total. The van der Waals surface area contributed by atoms with Gasteiger partial charge in [0, 0.05) is 37.3 Å². The first-order chi connectivity index (χ1) is 15.6. The zero-order chi connectivity index (χ0) is 22.5. The molecule has 0 radical (unpaired) electrons. The number of aromatic amines is 1. The first-order valence-corrected chi connectivity index (χ1v) is 11.4. The second kappa shape index (κ2) is 10.1. The Hall–Kier alpha value is -3.03. The fourth-order valence-corrected chi connectivity index (χ4v) is 4.68. The number of H-pyrrole nitrogens is 1. The van der Waals surface area contributed by atoms with E-state index in [0.29, 0.717) is 49.2 Å². The number of rotatable bonds is 7. The molecule has 0 unspecified atom stereocenters. The number of hydrogen-bond donors (Lipinski definition) is 2. The summed E-state index contributed by atoms with van der Waals surface area (Å²) in [4.78, 5) is 27.6. The maximum absolute atomic E-state index is 13.0. The van der Waals surface area contributed by atoms with E-state index in [0.717, 1.165) is 16.8 Å². The molecule has 2 aliphatic rings. The van der Waals surface area contributed by atoms with E-state index in [2.05, 4.69) is 15.5 Å². The first-order valence-electron chi connectivity index (χ1n) is 11.4. The Morgan fingerprint density at radius 2 is 1.94 bits per heavy atom. The highest BCUT2D eigenvalue weighted by Gasteiger charge is 2.28. The summed E-state index contributed by atoms with van der Waals surface area (Å²) in [7, 11) is 3.16. The third kappa shape index (κ3) is 4.89. The number of benzene rings is 1. The Morgan fingerprint density at radius 3 is 2.69 bits per heavy atom. The van der Waals surface area contributed by atoms with Crippen LogP contribution in [0, 0.1) is 5.92 Å². The van der Waals surface area contributed by atoms with Gasteiger partial charge < -0.3 is 19.7 Å². The fourth-order valence-electron chi connectivity index (χ4n) is 4.68. The molecular weight excluding hydrogens is 408 g/mol. The van der Waals surface area contributed by atoms with Crippen molar-refractivity contribution >= 4 is 11.8 Å². The topological polar surface area (TPSA) is 96.5 Å². The summed E-state index contributed by atoms with van der Waals surface area (Å²) in [5.74, 6) is 1.65. The first kappa shape index (κ1) is 22.2. The van der Waals surface area contributed by atoms with Crippen molar-refractivity contribution in [2.45, 2.75) is 51.5 Å². The van der Waals surface area contributed by atoms with Crippen molar-refractivity contribution < 1.29 is 19.1 Å². The zero-order valence-electron chi connectivity index (χ0n) is 18.9. The summed E-state index contributed by atoms with van der Waals surface area (Å²) in [5, 5.41) is 10.3. The van der Waals surface area contributed by atoms with E-state index in [1.54, 1.807) is 25.2 Å². The van der Waals surface area contributed by atoms with Gasteiger partial charge in [-0.1, -0.05) is 25.3 Å². The highest BCUT2D eigenvalue weighted by Crippen LogP contribution is 2.28. The normalized spacial score (nSPS) is 16.4. The molecule has 8 heteroatoms. The van der Waals surface area contributed by atoms with E-state index >= 15 is 0 Å². The van der Waals surface area contributed by atoms with Crippen LogP contribution in [0.15, 0.2) is 18.2 Å². The van der Waals surface area contributed by atoms with Crippen LogP contribution in [0.1, 0.15) is 59.4 Å². The van der Waals surface area contributed by atoms with E-state index < -0.39 is 0 Å². The van der Waals surface area contributed by atoms with E-state index in [9.17, 15) is 9.59 Å². The lowest BCUT2D eigenvalue weighted by atomic mass is 9.89. The second-order valence-electron chi connectivity index (χ2n) is 8.67.